The lowest BCUT2D eigenvalue weighted by Crippen LogP contribution is -2.07. The number of nitrogens with zero attached hydrogens (tertiary/aromatic N) is 2. The van der Waals surface area contributed by atoms with Gasteiger partial charge >= 0.3 is 0 Å². The lowest BCUT2D eigenvalue weighted by molar-refractivity contribution is 0.0477. The van der Waals surface area contributed by atoms with Gasteiger partial charge in [0.2, 0.25) is 11.7 Å². The smallest absolute Gasteiger partial charge is 0.229 e. The predicted molar refractivity (Wildman–Crippen MR) is 59.0 cm³/mol. The Morgan fingerprint density at radius 2 is 2.19 bits per heavy atom. The molecule has 5 heteroatoms. The van der Waals surface area contributed by atoms with Crippen LogP contribution in [0.15, 0.2) is 4.52 Å². The Labute approximate surface area is 95.8 Å². The van der Waals surface area contributed by atoms with E-state index in [1.807, 2.05) is 6.92 Å². The molecule has 1 aromatic rings. The normalized spacial score (nSPS) is 15.0. The van der Waals surface area contributed by atoms with Crippen molar-refractivity contribution in [1.82, 2.24) is 10.1 Å². The predicted octanol–water partition coefficient (Wildman–Crippen LogP) is 1.87. The Morgan fingerprint density at radius 1 is 1.44 bits per heavy atom. The van der Waals surface area contributed by atoms with Gasteiger partial charge in [0, 0.05) is 6.61 Å². The quantitative estimate of drug-likeness (QED) is 0.771. The molecule has 2 unspecified atom stereocenters. The highest BCUT2D eigenvalue weighted by Crippen LogP contribution is 2.20. The fourth-order valence-corrected chi connectivity index (χ4v) is 1.48. The molecule has 0 aliphatic heterocycles. The first-order chi connectivity index (χ1) is 7.67. The van der Waals surface area contributed by atoms with Crippen LogP contribution in [0.4, 0.5) is 0 Å². The number of hydrogen-bond donors (Lipinski definition) is 1. The van der Waals surface area contributed by atoms with E-state index in [0.717, 1.165) is 12.8 Å². The molecule has 0 saturated heterocycles. The third-order valence-electron chi connectivity index (χ3n) is 2.16. The monoisotopic (exact) mass is 228 g/mol. The Kier molecular flexibility index (Phi) is 5.42. The zero-order valence-electron chi connectivity index (χ0n) is 10.1. The van der Waals surface area contributed by atoms with Crippen molar-refractivity contribution in [2.24, 2.45) is 0 Å². The lowest BCUT2D eigenvalue weighted by atomic mass is 10.2. The summed E-state index contributed by atoms with van der Waals surface area (Å²) in [6.07, 6.45) is 1.70. The molecule has 5 nitrogen and oxygen atoms in total. The van der Waals surface area contributed by atoms with E-state index in [0.29, 0.717) is 24.7 Å². The van der Waals surface area contributed by atoms with Crippen molar-refractivity contribution in [3.8, 4) is 0 Å². The molecule has 0 radical (unpaired) electrons. The van der Waals surface area contributed by atoms with Crippen LogP contribution in [0.2, 0.25) is 0 Å². The van der Waals surface area contributed by atoms with E-state index >= 15 is 0 Å². The Bertz CT molecular complexity index is 293. The van der Waals surface area contributed by atoms with Crippen LogP contribution in [-0.4, -0.2) is 28.0 Å². The molecule has 1 aromatic heterocycles. The highest BCUT2D eigenvalue weighted by atomic mass is 16.5. The topological polar surface area (TPSA) is 68.4 Å². The summed E-state index contributed by atoms with van der Waals surface area (Å²) in [4.78, 5) is 4.23. The van der Waals surface area contributed by atoms with Gasteiger partial charge in [0.1, 0.15) is 6.10 Å². The standard InChI is InChI=1S/C11H20N2O3/c1-4-6-9(15-5-2)11-12-10(16-13-11)7-8(3)14/h8-9,14H,4-7H2,1-3H3. The van der Waals surface area contributed by atoms with E-state index < -0.39 is 6.10 Å². The minimum atomic E-state index is -0.468. The van der Waals surface area contributed by atoms with Crippen LogP contribution in [0.25, 0.3) is 0 Å². The Balaban J connectivity index is 2.65. The number of aliphatic hydroxyl groups is 1. The van der Waals surface area contributed by atoms with Gasteiger partial charge in [-0.3, -0.25) is 0 Å². The zero-order chi connectivity index (χ0) is 12.0. The van der Waals surface area contributed by atoms with Crippen LogP contribution in [0.1, 0.15) is 51.4 Å². The summed E-state index contributed by atoms with van der Waals surface area (Å²) in [7, 11) is 0. The van der Waals surface area contributed by atoms with Gasteiger partial charge < -0.3 is 14.4 Å². The van der Waals surface area contributed by atoms with Gasteiger partial charge in [-0.2, -0.15) is 4.98 Å². The number of rotatable bonds is 7. The molecule has 1 heterocycles. The van der Waals surface area contributed by atoms with Gasteiger partial charge in [-0.1, -0.05) is 18.5 Å². The van der Waals surface area contributed by atoms with Crippen molar-refractivity contribution in [1.29, 1.82) is 0 Å². The Hall–Kier alpha value is -0.940. The largest absolute Gasteiger partial charge is 0.393 e. The first-order valence-electron chi connectivity index (χ1n) is 5.79. The average molecular weight is 228 g/mol. The first kappa shape index (κ1) is 13.1. The van der Waals surface area contributed by atoms with E-state index in [-0.39, 0.29) is 6.10 Å². The van der Waals surface area contributed by atoms with Crippen LogP contribution in [0.5, 0.6) is 0 Å². The van der Waals surface area contributed by atoms with Gasteiger partial charge in [-0.05, 0) is 20.3 Å². The molecular formula is C11H20N2O3. The number of aromatic nitrogens is 2. The molecule has 0 saturated carbocycles. The average Bonchev–Trinajstić information content (AvgIpc) is 2.65. The van der Waals surface area contributed by atoms with Gasteiger partial charge in [0.25, 0.3) is 0 Å². The van der Waals surface area contributed by atoms with Crippen molar-refractivity contribution in [3.63, 3.8) is 0 Å². The lowest BCUT2D eigenvalue weighted by Gasteiger charge is -2.11. The fourth-order valence-electron chi connectivity index (χ4n) is 1.48. The van der Waals surface area contributed by atoms with Gasteiger partial charge in [0.15, 0.2) is 0 Å². The van der Waals surface area contributed by atoms with E-state index in [1.165, 1.54) is 0 Å². The van der Waals surface area contributed by atoms with E-state index in [9.17, 15) is 5.11 Å². The van der Waals surface area contributed by atoms with Crippen molar-refractivity contribution < 1.29 is 14.4 Å². The maximum atomic E-state index is 9.20. The van der Waals surface area contributed by atoms with Gasteiger partial charge in [-0.25, -0.2) is 0 Å². The SMILES string of the molecule is CCCC(OCC)c1noc(CC(C)O)n1. The van der Waals surface area contributed by atoms with Gasteiger partial charge in [-0.15, -0.1) is 0 Å². The summed E-state index contributed by atoms with van der Waals surface area (Å²) in [5, 5.41) is 13.1. The van der Waals surface area contributed by atoms with Gasteiger partial charge in [0.05, 0.1) is 12.5 Å². The molecule has 0 aliphatic rings. The second kappa shape index (κ2) is 6.60. The summed E-state index contributed by atoms with van der Waals surface area (Å²) in [6.45, 7) is 6.35. The molecule has 92 valence electrons. The third-order valence-corrected chi connectivity index (χ3v) is 2.16. The molecule has 0 spiro atoms. The molecule has 0 fully saturated rings. The van der Waals surface area contributed by atoms with E-state index in [4.69, 9.17) is 9.26 Å². The maximum Gasteiger partial charge on any atom is 0.229 e. The summed E-state index contributed by atoms with van der Waals surface area (Å²) in [5.41, 5.74) is 0. The van der Waals surface area contributed by atoms with Crippen LogP contribution < -0.4 is 0 Å². The number of hydrogen-bond acceptors (Lipinski definition) is 5. The second-order valence-electron chi connectivity index (χ2n) is 3.83. The Morgan fingerprint density at radius 3 is 2.75 bits per heavy atom. The fraction of sp³-hybridized carbons (Fsp3) is 0.818. The highest BCUT2D eigenvalue weighted by molar-refractivity contribution is 4.92. The molecule has 2 atom stereocenters. The molecule has 0 aromatic carbocycles. The third kappa shape index (κ3) is 3.90. The van der Waals surface area contributed by atoms with Crippen molar-refractivity contribution in [3.05, 3.63) is 11.7 Å². The summed E-state index contributed by atoms with van der Waals surface area (Å²) in [5.74, 6) is 1.05. The molecular weight excluding hydrogens is 208 g/mol. The molecule has 1 rings (SSSR count). The number of ether oxygens (including phenoxy) is 1. The minimum absolute atomic E-state index is 0.0958. The maximum absolute atomic E-state index is 9.20. The van der Waals surface area contributed by atoms with E-state index in [1.54, 1.807) is 6.92 Å². The molecule has 0 bridgehead atoms. The second-order valence-corrected chi connectivity index (χ2v) is 3.83. The first-order valence-corrected chi connectivity index (χ1v) is 5.79. The van der Waals surface area contributed by atoms with Crippen LogP contribution in [-0.2, 0) is 11.2 Å². The van der Waals surface area contributed by atoms with E-state index in [2.05, 4.69) is 17.1 Å². The van der Waals surface area contributed by atoms with Crippen LogP contribution in [0.3, 0.4) is 0 Å². The molecule has 1 N–H and O–H groups in total. The van der Waals surface area contributed by atoms with Crippen molar-refractivity contribution >= 4 is 0 Å². The molecule has 0 aliphatic carbocycles. The minimum Gasteiger partial charge on any atom is -0.393 e. The summed E-state index contributed by atoms with van der Waals surface area (Å²) in [6, 6.07) is 0. The summed E-state index contributed by atoms with van der Waals surface area (Å²) >= 11 is 0. The van der Waals surface area contributed by atoms with Crippen LogP contribution >= 0.6 is 0 Å². The molecule has 0 amide bonds. The molecule has 16 heavy (non-hydrogen) atoms. The zero-order valence-corrected chi connectivity index (χ0v) is 10.1. The summed E-state index contributed by atoms with van der Waals surface area (Å²) < 4.78 is 10.6. The highest BCUT2D eigenvalue weighted by Gasteiger charge is 2.18. The van der Waals surface area contributed by atoms with Crippen LogP contribution in [0, 0.1) is 0 Å². The van der Waals surface area contributed by atoms with Crippen molar-refractivity contribution in [2.45, 2.75) is 52.2 Å². The number of aliphatic hydroxyl groups excluding tert-OH is 1. The van der Waals surface area contributed by atoms with Crippen molar-refractivity contribution in [2.75, 3.05) is 6.61 Å².